The lowest BCUT2D eigenvalue weighted by atomic mass is 9.95. The Kier molecular flexibility index (Phi) is 4.38. The van der Waals surface area contributed by atoms with E-state index in [2.05, 4.69) is 12.0 Å². The van der Waals surface area contributed by atoms with Crippen LogP contribution in [0.15, 0.2) is 12.4 Å². The lowest BCUT2D eigenvalue weighted by Crippen LogP contribution is -2.17. The van der Waals surface area contributed by atoms with E-state index in [-0.39, 0.29) is 0 Å². The molecule has 1 unspecified atom stereocenters. The molecule has 0 N–H and O–H groups in total. The normalized spacial score (nSPS) is 14.1. The van der Waals surface area contributed by atoms with Crippen molar-refractivity contribution < 1.29 is 13.2 Å². The molecule has 0 fully saturated rings. The quantitative estimate of drug-likeness (QED) is 0.758. The van der Waals surface area contributed by atoms with E-state index in [0.717, 1.165) is 29.5 Å². The molecule has 5 heteroatoms. The molecule has 0 saturated heterocycles. The second-order valence-corrected chi connectivity index (χ2v) is 3.98. The number of hydrogen-bond donors (Lipinski definition) is 0. The van der Waals surface area contributed by atoms with Gasteiger partial charge in [0, 0.05) is 6.20 Å². The summed E-state index contributed by atoms with van der Waals surface area (Å²) < 4.78 is 37.3. The summed E-state index contributed by atoms with van der Waals surface area (Å²) in [5, 5.41) is 3.75. The van der Waals surface area contributed by atoms with Crippen molar-refractivity contribution in [3.63, 3.8) is 0 Å². The van der Waals surface area contributed by atoms with E-state index in [0.29, 0.717) is 5.92 Å². The molecule has 0 aliphatic heterocycles. The van der Waals surface area contributed by atoms with Crippen LogP contribution in [0.2, 0.25) is 0 Å². The van der Waals surface area contributed by atoms with Gasteiger partial charge in [-0.05, 0) is 24.3 Å². The summed E-state index contributed by atoms with van der Waals surface area (Å²) in [5.41, 5.74) is 0.911. The fourth-order valence-corrected chi connectivity index (χ4v) is 1.82. The Morgan fingerprint density at radius 3 is 2.56 bits per heavy atom. The molecule has 1 aromatic heterocycles. The number of alkyl halides is 3. The van der Waals surface area contributed by atoms with Gasteiger partial charge in [-0.1, -0.05) is 20.3 Å². The van der Waals surface area contributed by atoms with Gasteiger partial charge in [-0.2, -0.15) is 18.3 Å². The number of rotatable bonds is 5. The molecular formula is C11H17F3N2. The van der Waals surface area contributed by atoms with Crippen molar-refractivity contribution >= 4 is 0 Å². The van der Waals surface area contributed by atoms with Gasteiger partial charge in [-0.15, -0.1) is 0 Å². The lowest BCUT2D eigenvalue weighted by molar-refractivity contribution is -0.142. The molecule has 0 saturated carbocycles. The summed E-state index contributed by atoms with van der Waals surface area (Å²) in [6, 6.07) is 0. The zero-order chi connectivity index (χ0) is 12.2. The Morgan fingerprint density at radius 1 is 1.38 bits per heavy atom. The van der Waals surface area contributed by atoms with Gasteiger partial charge in [0.1, 0.15) is 6.54 Å². The Hall–Kier alpha value is -1.00. The average Bonchev–Trinajstić information content (AvgIpc) is 2.59. The van der Waals surface area contributed by atoms with Gasteiger partial charge in [0.25, 0.3) is 0 Å². The molecule has 0 amide bonds. The smallest absolute Gasteiger partial charge is 0.263 e. The molecule has 92 valence electrons. The number of nitrogens with zero attached hydrogens (tertiary/aromatic N) is 2. The van der Waals surface area contributed by atoms with Crippen LogP contribution < -0.4 is 0 Å². The standard InChI is InChI=1S/C11H17F3N2/c1-3-5-9(4-2)10-6-15-16(7-10)8-11(12,13)14/h6-7,9H,3-5,8H2,1-2H3. The number of hydrogen-bond acceptors (Lipinski definition) is 1. The van der Waals surface area contributed by atoms with Crippen molar-refractivity contribution in [3.8, 4) is 0 Å². The molecule has 1 rings (SSSR count). The summed E-state index contributed by atoms with van der Waals surface area (Å²) >= 11 is 0. The van der Waals surface area contributed by atoms with Gasteiger partial charge in [0.15, 0.2) is 0 Å². The monoisotopic (exact) mass is 234 g/mol. The van der Waals surface area contributed by atoms with Gasteiger partial charge in [-0.25, -0.2) is 0 Å². The van der Waals surface area contributed by atoms with E-state index < -0.39 is 12.7 Å². The fraction of sp³-hybridized carbons (Fsp3) is 0.727. The van der Waals surface area contributed by atoms with Crippen molar-refractivity contribution in [1.29, 1.82) is 0 Å². The van der Waals surface area contributed by atoms with Gasteiger partial charge in [0.05, 0.1) is 6.20 Å². The molecule has 0 aliphatic rings. The minimum absolute atomic E-state index is 0.326. The average molecular weight is 234 g/mol. The van der Waals surface area contributed by atoms with Crippen LogP contribution in [0.25, 0.3) is 0 Å². The SMILES string of the molecule is CCCC(CC)c1cnn(CC(F)(F)F)c1. The second kappa shape index (κ2) is 5.37. The Morgan fingerprint density at radius 2 is 2.06 bits per heavy atom. The number of aromatic nitrogens is 2. The summed E-state index contributed by atoms with van der Waals surface area (Å²) in [6.45, 7) is 3.11. The van der Waals surface area contributed by atoms with Crippen molar-refractivity contribution in [3.05, 3.63) is 18.0 Å². The highest BCUT2D eigenvalue weighted by Crippen LogP contribution is 2.25. The molecule has 0 bridgehead atoms. The molecular weight excluding hydrogens is 217 g/mol. The molecule has 16 heavy (non-hydrogen) atoms. The Labute approximate surface area is 93.5 Å². The first-order valence-electron chi connectivity index (χ1n) is 5.55. The van der Waals surface area contributed by atoms with E-state index in [1.165, 1.54) is 6.20 Å². The van der Waals surface area contributed by atoms with Crippen LogP contribution in [0, 0.1) is 0 Å². The summed E-state index contributed by atoms with van der Waals surface area (Å²) in [7, 11) is 0. The summed E-state index contributed by atoms with van der Waals surface area (Å²) in [6.07, 6.45) is 1.82. The lowest BCUT2D eigenvalue weighted by Gasteiger charge is -2.10. The van der Waals surface area contributed by atoms with Gasteiger partial charge < -0.3 is 0 Å². The van der Waals surface area contributed by atoms with Crippen LogP contribution in [-0.2, 0) is 6.54 Å². The van der Waals surface area contributed by atoms with Gasteiger partial charge in [-0.3, -0.25) is 4.68 Å². The van der Waals surface area contributed by atoms with Crippen molar-refractivity contribution in [2.75, 3.05) is 0 Å². The maximum Gasteiger partial charge on any atom is 0.408 e. The largest absolute Gasteiger partial charge is 0.408 e. The number of halogens is 3. The second-order valence-electron chi connectivity index (χ2n) is 3.98. The minimum Gasteiger partial charge on any atom is -0.263 e. The van der Waals surface area contributed by atoms with Crippen molar-refractivity contribution in [2.24, 2.45) is 0 Å². The first kappa shape index (κ1) is 13.1. The topological polar surface area (TPSA) is 17.8 Å². The molecule has 2 nitrogen and oxygen atoms in total. The van der Waals surface area contributed by atoms with Crippen LogP contribution in [-0.4, -0.2) is 16.0 Å². The first-order valence-corrected chi connectivity index (χ1v) is 5.55. The molecule has 1 heterocycles. The third-order valence-corrected chi connectivity index (χ3v) is 2.60. The van der Waals surface area contributed by atoms with Crippen LogP contribution in [0.3, 0.4) is 0 Å². The molecule has 0 radical (unpaired) electrons. The maximum atomic E-state index is 12.1. The van der Waals surface area contributed by atoms with Crippen molar-refractivity contribution in [2.45, 2.75) is 51.7 Å². The predicted octanol–water partition coefficient (Wildman–Crippen LogP) is 3.74. The Bertz CT molecular complexity index is 317. The maximum absolute atomic E-state index is 12.1. The van der Waals surface area contributed by atoms with E-state index in [4.69, 9.17) is 0 Å². The molecule has 0 aromatic carbocycles. The molecule has 1 aromatic rings. The summed E-state index contributed by atoms with van der Waals surface area (Å²) in [4.78, 5) is 0. The molecule has 0 spiro atoms. The highest BCUT2D eigenvalue weighted by atomic mass is 19.4. The van der Waals surface area contributed by atoms with Crippen LogP contribution in [0.1, 0.15) is 44.6 Å². The Balaban J connectivity index is 2.69. The van der Waals surface area contributed by atoms with Crippen LogP contribution >= 0.6 is 0 Å². The third-order valence-electron chi connectivity index (χ3n) is 2.60. The first-order chi connectivity index (χ1) is 7.46. The van der Waals surface area contributed by atoms with E-state index in [1.807, 2.05) is 6.92 Å². The van der Waals surface area contributed by atoms with Crippen LogP contribution in [0.5, 0.6) is 0 Å². The van der Waals surface area contributed by atoms with Crippen LogP contribution in [0.4, 0.5) is 13.2 Å². The zero-order valence-corrected chi connectivity index (χ0v) is 9.59. The van der Waals surface area contributed by atoms with Gasteiger partial charge in [0.2, 0.25) is 0 Å². The van der Waals surface area contributed by atoms with E-state index >= 15 is 0 Å². The molecule has 1 atom stereocenters. The minimum atomic E-state index is -4.20. The zero-order valence-electron chi connectivity index (χ0n) is 9.59. The summed E-state index contributed by atoms with van der Waals surface area (Å²) in [5.74, 6) is 0.326. The van der Waals surface area contributed by atoms with E-state index in [1.54, 1.807) is 6.20 Å². The highest BCUT2D eigenvalue weighted by Gasteiger charge is 2.28. The third kappa shape index (κ3) is 3.87. The van der Waals surface area contributed by atoms with E-state index in [9.17, 15) is 13.2 Å². The fourth-order valence-electron chi connectivity index (χ4n) is 1.82. The van der Waals surface area contributed by atoms with Gasteiger partial charge >= 0.3 is 6.18 Å². The predicted molar refractivity (Wildman–Crippen MR) is 56.2 cm³/mol. The van der Waals surface area contributed by atoms with Crippen molar-refractivity contribution in [1.82, 2.24) is 9.78 Å². The highest BCUT2D eigenvalue weighted by molar-refractivity contribution is 5.10. The molecule has 0 aliphatic carbocycles.